The summed E-state index contributed by atoms with van der Waals surface area (Å²) in [5.41, 5.74) is 3.20. The van der Waals surface area contributed by atoms with Gasteiger partial charge in [-0.2, -0.15) is 0 Å². The SMILES string of the molecule is CC(C)CCCOCC(O)CNN1CCOCC1. The van der Waals surface area contributed by atoms with Crippen LogP contribution in [-0.2, 0) is 9.47 Å². The van der Waals surface area contributed by atoms with E-state index in [0.717, 1.165) is 45.2 Å². The zero-order valence-electron chi connectivity index (χ0n) is 11.7. The maximum Gasteiger partial charge on any atom is 0.0911 e. The lowest BCUT2D eigenvalue weighted by Gasteiger charge is -2.28. The van der Waals surface area contributed by atoms with E-state index in [2.05, 4.69) is 24.3 Å². The van der Waals surface area contributed by atoms with Gasteiger partial charge in [0.15, 0.2) is 0 Å². The van der Waals surface area contributed by atoms with E-state index in [0.29, 0.717) is 13.2 Å². The van der Waals surface area contributed by atoms with E-state index < -0.39 is 6.10 Å². The highest BCUT2D eigenvalue weighted by molar-refractivity contribution is 4.61. The third kappa shape index (κ3) is 8.00. The monoisotopic (exact) mass is 260 g/mol. The van der Waals surface area contributed by atoms with Crippen molar-refractivity contribution in [3.05, 3.63) is 0 Å². The maximum absolute atomic E-state index is 9.74. The second-order valence-corrected chi connectivity index (χ2v) is 5.23. The molecule has 18 heavy (non-hydrogen) atoms. The summed E-state index contributed by atoms with van der Waals surface area (Å²) in [6.07, 6.45) is 1.82. The Morgan fingerprint density at radius 3 is 2.72 bits per heavy atom. The van der Waals surface area contributed by atoms with Crippen LogP contribution in [0.4, 0.5) is 0 Å². The zero-order valence-corrected chi connectivity index (χ0v) is 11.7. The molecule has 0 radical (unpaired) electrons. The number of morpholine rings is 1. The van der Waals surface area contributed by atoms with Crippen molar-refractivity contribution in [1.29, 1.82) is 0 Å². The smallest absolute Gasteiger partial charge is 0.0911 e. The predicted octanol–water partition coefficient (Wildman–Crippen LogP) is 0.637. The van der Waals surface area contributed by atoms with Crippen LogP contribution in [0.5, 0.6) is 0 Å². The second kappa shape index (κ2) is 9.69. The van der Waals surface area contributed by atoms with Crippen molar-refractivity contribution in [3.63, 3.8) is 0 Å². The Morgan fingerprint density at radius 2 is 2.06 bits per heavy atom. The number of nitrogens with zero attached hydrogens (tertiary/aromatic N) is 1. The molecule has 0 aromatic carbocycles. The molecule has 0 aromatic heterocycles. The number of ether oxygens (including phenoxy) is 2. The molecule has 1 heterocycles. The highest BCUT2D eigenvalue weighted by Gasteiger charge is 2.11. The van der Waals surface area contributed by atoms with Crippen LogP contribution in [0.3, 0.4) is 0 Å². The van der Waals surface area contributed by atoms with Gasteiger partial charge in [0.25, 0.3) is 0 Å². The summed E-state index contributed by atoms with van der Waals surface area (Å²) in [5.74, 6) is 0.724. The lowest BCUT2D eigenvalue weighted by Crippen LogP contribution is -2.48. The maximum atomic E-state index is 9.74. The number of nitrogens with one attached hydrogen (secondary N) is 1. The van der Waals surface area contributed by atoms with E-state index in [-0.39, 0.29) is 0 Å². The van der Waals surface area contributed by atoms with Crippen LogP contribution in [0.25, 0.3) is 0 Å². The minimum absolute atomic E-state index is 0.412. The Morgan fingerprint density at radius 1 is 1.33 bits per heavy atom. The van der Waals surface area contributed by atoms with Crippen LogP contribution in [0.15, 0.2) is 0 Å². The first-order valence-corrected chi connectivity index (χ1v) is 7.00. The number of hydrazine groups is 1. The van der Waals surface area contributed by atoms with E-state index in [4.69, 9.17) is 9.47 Å². The van der Waals surface area contributed by atoms with Crippen LogP contribution in [0.2, 0.25) is 0 Å². The molecule has 0 bridgehead atoms. The van der Waals surface area contributed by atoms with Gasteiger partial charge in [0.05, 0.1) is 25.9 Å². The highest BCUT2D eigenvalue weighted by atomic mass is 16.5. The third-order valence-corrected chi connectivity index (χ3v) is 2.94. The molecule has 1 aliphatic rings. The van der Waals surface area contributed by atoms with Gasteiger partial charge < -0.3 is 14.6 Å². The first kappa shape index (κ1) is 15.9. The summed E-state index contributed by atoms with van der Waals surface area (Å²) < 4.78 is 10.7. The van der Waals surface area contributed by atoms with Gasteiger partial charge in [-0.1, -0.05) is 13.8 Å². The van der Waals surface area contributed by atoms with Gasteiger partial charge in [0.1, 0.15) is 0 Å². The number of rotatable bonds is 9. The van der Waals surface area contributed by atoms with Crippen LogP contribution < -0.4 is 5.43 Å². The van der Waals surface area contributed by atoms with Gasteiger partial charge in [0.2, 0.25) is 0 Å². The average molecular weight is 260 g/mol. The Labute approximate surface area is 110 Å². The highest BCUT2D eigenvalue weighted by Crippen LogP contribution is 2.03. The van der Waals surface area contributed by atoms with Crippen molar-refractivity contribution in [1.82, 2.24) is 10.4 Å². The number of aliphatic hydroxyl groups is 1. The summed E-state index contributed by atoms with van der Waals surface area (Å²) in [7, 11) is 0. The van der Waals surface area contributed by atoms with Crippen LogP contribution >= 0.6 is 0 Å². The summed E-state index contributed by atoms with van der Waals surface area (Å²) >= 11 is 0. The van der Waals surface area contributed by atoms with Gasteiger partial charge in [0, 0.05) is 26.2 Å². The van der Waals surface area contributed by atoms with Crippen molar-refractivity contribution in [2.24, 2.45) is 5.92 Å². The van der Waals surface area contributed by atoms with E-state index in [1.165, 1.54) is 6.42 Å². The van der Waals surface area contributed by atoms with Crippen molar-refractivity contribution in [3.8, 4) is 0 Å². The fourth-order valence-electron chi connectivity index (χ4n) is 1.83. The number of aliphatic hydroxyl groups excluding tert-OH is 1. The van der Waals surface area contributed by atoms with Gasteiger partial charge in [-0.3, -0.25) is 5.43 Å². The summed E-state index contributed by atoms with van der Waals surface area (Å²) in [6.45, 7) is 9.39. The average Bonchev–Trinajstić information content (AvgIpc) is 2.37. The summed E-state index contributed by atoms with van der Waals surface area (Å²) in [6, 6.07) is 0. The molecule has 5 nitrogen and oxygen atoms in total. The molecule has 2 N–H and O–H groups in total. The van der Waals surface area contributed by atoms with E-state index in [1.807, 2.05) is 0 Å². The van der Waals surface area contributed by atoms with Crippen molar-refractivity contribution in [2.75, 3.05) is 46.1 Å². The Bertz CT molecular complexity index is 197. The minimum atomic E-state index is -0.438. The Balaban J connectivity index is 1.91. The summed E-state index contributed by atoms with van der Waals surface area (Å²) in [5, 5.41) is 11.8. The standard InChI is InChI=1S/C13H28N2O3/c1-12(2)4-3-7-18-11-13(16)10-14-15-5-8-17-9-6-15/h12-14,16H,3-11H2,1-2H3. The molecule has 0 saturated carbocycles. The molecule has 0 aromatic rings. The topological polar surface area (TPSA) is 54.0 Å². The third-order valence-electron chi connectivity index (χ3n) is 2.94. The second-order valence-electron chi connectivity index (χ2n) is 5.23. The van der Waals surface area contributed by atoms with Crippen LogP contribution in [0, 0.1) is 5.92 Å². The van der Waals surface area contributed by atoms with E-state index >= 15 is 0 Å². The molecule has 1 aliphatic heterocycles. The molecule has 1 saturated heterocycles. The van der Waals surface area contributed by atoms with Gasteiger partial charge in [-0.25, -0.2) is 5.01 Å². The molecule has 5 heteroatoms. The molecule has 1 atom stereocenters. The molecule has 108 valence electrons. The Kier molecular flexibility index (Phi) is 8.54. The molecule has 0 amide bonds. The van der Waals surface area contributed by atoms with E-state index in [1.54, 1.807) is 0 Å². The van der Waals surface area contributed by atoms with Crippen molar-refractivity contribution >= 4 is 0 Å². The lowest BCUT2D eigenvalue weighted by atomic mass is 10.1. The largest absolute Gasteiger partial charge is 0.389 e. The van der Waals surface area contributed by atoms with Crippen molar-refractivity contribution in [2.45, 2.75) is 32.8 Å². The molecule has 0 spiro atoms. The minimum Gasteiger partial charge on any atom is -0.389 e. The van der Waals surface area contributed by atoms with Crippen molar-refractivity contribution < 1.29 is 14.6 Å². The first-order chi connectivity index (χ1) is 8.68. The number of hydrogen-bond donors (Lipinski definition) is 2. The Hall–Kier alpha value is -0.200. The normalized spacial score (nSPS) is 19.3. The van der Waals surface area contributed by atoms with Gasteiger partial charge >= 0.3 is 0 Å². The molecule has 1 fully saturated rings. The fourth-order valence-corrected chi connectivity index (χ4v) is 1.83. The molecule has 1 unspecified atom stereocenters. The predicted molar refractivity (Wildman–Crippen MR) is 71.3 cm³/mol. The summed E-state index contributed by atoms with van der Waals surface area (Å²) in [4.78, 5) is 0. The van der Waals surface area contributed by atoms with Gasteiger partial charge in [-0.15, -0.1) is 0 Å². The van der Waals surface area contributed by atoms with Crippen LogP contribution in [-0.4, -0.2) is 62.3 Å². The quantitative estimate of drug-likeness (QED) is 0.596. The fraction of sp³-hybridized carbons (Fsp3) is 1.00. The zero-order chi connectivity index (χ0) is 13.2. The van der Waals surface area contributed by atoms with E-state index in [9.17, 15) is 5.11 Å². The van der Waals surface area contributed by atoms with Gasteiger partial charge in [-0.05, 0) is 18.8 Å². The number of hydrogen-bond acceptors (Lipinski definition) is 5. The molecule has 1 rings (SSSR count). The first-order valence-electron chi connectivity index (χ1n) is 7.00. The molecular formula is C13H28N2O3. The van der Waals surface area contributed by atoms with Crippen LogP contribution in [0.1, 0.15) is 26.7 Å². The lowest BCUT2D eigenvalue weighted by molar-refractivity contribution is -0.0111. The molecular weight excluding hydrogens is 232 g/mol. The molecule has 0 aliphatic carbocycles.